The minimum Gasteiger partial charge on any atom is -0.493 e. The lowest BCUT2D eigenvalue weighted by molar-refractivity contribution is -0.155. The van der Waals surface area contributed by atoms with Gasteiger partial charge in [-0.25, -0.2) is 0 Å². The van der Waals surface area contributed by atoms with E-state index in [0.29, 0.717) is 18.8 Å². The molecule has 0 aliphatic carbocycles. The number of rotatable bonds is 2. The van der Waals surface area contributed by atoms with Crippen molar-refractivity contribution in [2.45, 2.75) is 18.5 Å². The van der Waals surface area contributed by atoms with Crippen molar-refractivity contribution < 1.29 is 22.7 Å². The van der Waals surface area contributed by atoms with Crippen LogP contribution < -0.4 is 4.74 Å². The summed E-state index contributed by atoms with van der Waals surface area (Å²) in [6.45, 7) is 0.483. The summed E-state index contributed by atoms with van der Waals surface area (Å²) in [5.41, 5.74) is 0.709. The third kappa shape index (κ3) is 1.89. The first-order chi connectivity index (χ1) is 7.52. The number of aldehydes is 1. The Hall–Kier alpha value is -1.52. The summed E-state index contributed by atoms with van der Waals surface area (Å²) in [5.74, 6) is -1.44. The highest BCUT2D eigenvalue weighted by atomic mass is 19.4. The molecule has 0 spiro atoms. The second-order valence-corrected chi connectivity index (χ2v) is 3.62. The van der Waals surface area contributed by atoms with E-state index >= 15 is 0 Å². The van der Waals surface area contributed by atoms with E-state index in [9.17, 15) is 18.0 Å². The predicted octanol–water partition coefficient (Wildman–Crippen LogP) is 2.47. The second-order valence-electron chi connectivity index (χ2n) is 3.62. The number of halogens is 3. The summed E-state index contributed by atoms with van der Waals surface area (Å²) < 4.78 is 42.7. The van der Waals surface area contributed by atoms with Crippen LogP contribution in [-0.4, -0.2) is 19.1 Å². The molecule has 0 bridgehead atoms. The van der Waals surface area contributed by atoms with E-state index in [4.69, 9.17) is 4.74 Å². The molecule has 2 rings (SSSR count). The van der Waals surface area contributed by atoms with Gasteiger partial charge in [-0.3, -0.25) is 0 Å². The van der Waals surface area contributed by atoms with E-state index in [1.54, 1.807) is 0 Å². The summed E-state index contributed by atoms with van der Waals surface area (Å²) in [5, 5.41) is 0. The minimum absolute atomic E-state index is 0.0215. The van der Waals surface area contributed by atoms with Gasteiger partial charge in [0.25, 0.3) is 0 Å². The van der Waals surface area contributed by atoms with Gasteiger partial charge in [-0.05, 0) is 17.2 Å². The summed E-state index contributed by atoms with van der Waals surface area (Å²) in [7, 11) is 0. The van der Waals surface area contributed by atoms with Crippen molar-refractivity contribution in [2.75, 3.05) is 6.61 Å². The molecule has 0 saturated heterocycles. The molecule has 0 amide bonds. The van der Waals surface area contributed by atoms with E-state index in [1.807, 2.05) is 0 Å². The molecule has 0 saturated carbocycles. The Balaban J connectivity index is 2.36. The van der Waals surface area contributed by atoms with Crippen LogP contribution in [-0.2, 0) is 11.2 Å². The molecule has 1 aromatic rings. The number of carbonyl (C=O) groups is 1. The smallest absolute Gasteiger partial charge is 0.402 e. The van der Waals surface area contributed by atoms with Crippen LogP contribution in [0.25, 0.3) is 0 Å². The lowest BCUT2D eigenvalue weighted by Crippen LogP contribution is -2.22. The second kappa shape index (κ2) is 3.81. The molecule has 16 heavy (non-hydrogen) atoms. The number of ether oxygens (including phenoxy) is 1. The number of hydrogen-bond acceptors (Lipinski definition) is 2. The molecule has 5 heteroatoms. The fourth-order valence-corrected chi connectivity index (χ4v) is 1.74. The standard InChI is InChI=1S/C11H9F3O2/c12-11(13,14)9(6-15)7-1-2-10-8(5-7)3-4-16-10/h1-2,5-6,9H,3-4H2. The van der Waals surface area contributed by atoms with Crippen LogP contribution in [0.1, 0.15) is 17.0 Å². The largest absolute Gasteiger partial charge is 0.493 e. The zero-order valence-corrected chi connectivity index (χ0v) is 8.25. The van der Waals surface area contributed by atoms with Crippen LogP contribution in [0.2, 0.25) is 0 Å². The van der Waals surface area contributed by atoms with Crippen LogP contribution in [0.4, 0.5) is 13.2 Å². The van der Waals surface area contributed by atoms with Gasteiger partial charge in [-0.1, -0.05) is 12.1 Å². The van der Waals surface area contributed by atoms with Crippen LogP contribution in [0.15, 0.2) is 18.2 Å². The number of alkyl halides is 3. The normalized spacial score (nSPS) is 16.4. The number of carbonyl (C=O) groups excluding carboxylic acids is 1. The molecule has 1 heterocycles. The molecular weight excluding hydrogens is 221 g/mol. The van der Waals surface area contributed by atoms with Crippen LogP contribution in [0, 0.1) is 0 Å². The lowest BCUT2D eigenvalue weighted by Gasteiger charge is -2.15. The van der Waals surface area contributed by atoms with Crippen LogP contribution in [0.5, 0.6) is 5.75 Å². The molecule has 1 aliphatic rings. The summed E-state index contributed by atoms with van der Waals surface area (Å²) >= 11 is 0. The molecule has 0 aromatic heterocycles. The Labute approximate surface area is 90.0 Å². The van der Waals surface area contributed by atoms with Gasteiger partial charge in [-0.15, -0.1) is 0 Å². The predicted molar refractivity (Wildman–Crippen MR) is 50.5 cm³/mol. The lowest BCUT2D eigenvalue weighted by atomic mass is 9.97. The quantitative estimate of drug-likeness (QED) is 0.729. The first kappa shape index (κ1) is 11.0. The molecule has 1 unspecified atom stereocenters. The van der Waals surface area contributed by atoms with Crippen molar-refractivity contribution in [3.8, 4) is 5.75 Å². The number of benzene rings is 1. The average Bonchev–Trinajstić information content (AvgIpc) is 2.63. The number of fused-ring (bicyclic) bond motifs is 1. The van der Waals surface area contributed by atoms with Gasteiger partial charge in [-0.2, -0.15) is 13.2 Å². The Kier molecular flexibility index (Phi) is 2.61. The Bertz CT molecular complexity index is 412. The van der Waals surface area contributed by atoms with Crippen LogP contribution in [0.3, 0.4) is 0 Å². The third-order valence-electron chi connectivity index (χ3n) is 2.56. The van der Waals surface area contributed by atoms with Gasteiger partial charge in [0, 0.05) is 6.42 Å². The van der Waals surface area contributed by atoms with Crippen molar-refractivity contribution in [3.05, 3.63) is 29.3 Å². The molecule has 1 aliphatic heterocycles. The first-order valence-corrected chi connectivity index (χ1v) is 4.80. The van der Waals surface area contributed by atoms with Crippen molar-refractivity contribution in [1.29, 1.82) is 0 Å². The van der Waals surface area contributed by atoms with Crippen molar-refractivity contribution in [3.63, 3.8) is 0 Å². The Morgan fingerprint density at radius 3 is 2.75 bits per heavy atom. The maximum Gasteiger partial charge on any atom is 0.402 e. The Morgan fingerprint density at radius 1 is 1.38 bits per heavy atom. The molecular formula is C11H9F3O2. The van der Waals surface area contributed by atoms with Crippen LogP contribution >= 0.6 is 0 Å². The molecule has 1 aromatic carbocycles. The summed E-state index contributed by atoms with van der Waals surface area (Å²) in [6, 6.07) is 4.17. The highest BCUT2D eigenvalue weighted by Gasteiger charge is 2.40. The molecule has 86 valence electrons. The monoisotopic (exact) mass is 230 g/mol. The fourth-order valence-electron chi connectivity index (χ4n) is 1.74. The zero-order chi connectivity index (χ0) is 11.8. The van der Waals surface area contributed by atoms with E-state index in [-0.39, 0.29) is 11.8 Å². The fraction of sp³-hybridized carbons (Fsp3) is 0.364. The molecule has 0 fully saturated rings. The van der Waals surface area contributed by atoms with E-state index in [2.05, 4.69) is 0 Å². The van der Waals surface area contributed by atoms with Crippen molar-refractivity contribution >= 4 is 6.29 Å². The topological polar surface area (TPSA) is 26.3 Å². The average molecular weight is 230 g/mol. The van der Waals surface area contributed by atoms with E-state index < -0.39 is 12.1 Å². The minimum atomic E-state index is -4.53. The maximum absolute atomic E-state index is 12.5. The van der Waals surface area contributed by atoms with Gasteiger partial charge < -0.3 is 9.53 Å². The summed E-state index contributed by atoms with van der Waals surface area (Å²) in [4.78, 5) is 10.5. The maximum atomic E-state index is 12.5. The summed E-state index contributed by atoms with van der Waals surface area (Å²) in [6.07, 6.45) is -4.01. The van der Waals surface area contributed by atoms with E-state index in [1.165, 1.54) is 18.2 Å². The third-order valence-corrected chi connectivity index (χ3v) is 2.56. The Morgan fingerprint density at radius 2 is 2.12 bits per heavy atom. The van der Waals surface area contributed by atoms with Gasteiger partial charge in [0.2, 0.25) is 0 Å². The molecule has 0 N–H and O–H groups in total. The zero-order valence-electron chi connectivity index (χ0n) is 8.25. The van der Waals surface area contributed by atoms with Crippen molar-refractivity contribution in [1.82, 2.24) is 0 Å². The SMILES string of the molecule is O=CC(c1ccc2c(c1)CCO2)C(F)(F)F. The molecule has 2 nitrogen and oxygen atoms in total. The van der Waals surface area contributed by atoms with Crippen molar-refractivity contribution in [2.24, 2.45) is 0 Å². The first-order valence-electron chi connectivity index (χ1n) is 4.80. The van der Waals surface area contributed by atoms with Gasteiger partial charge in [0.05, 0.1) is 6.61 Å². The van der Waals surface area contributed by atoms with Gasteiger partial charge >= 0.3 is 6.18 Å². The highest BCUT2D eigenvalue weighted by molar-refractivity contribution is 5.64. The highest BCUT2D eigenvalue weighted by Crippen LogP contribution is 2.36. The van der Waals surface area contributed by atoms with E-state index in [0.717, 1.165) is 5.56 Å². The van der Waals surface area contributed by atoms with Gasteiger partial charge in [0.15, 0.2) is 0 Å². The van der Waals surface area contributed by atoms with Gasteiger partial charge in [0.1, 0.15) is 18.0 Å². The molecule has 0 radical (unpaired) electrons. The number of hydrogen-bond donors (Lipinski definition) is 0. The molecule has 1 atom stereocenters.